The van der Waals surface area contributed by atoms with E-state index in [0.29, 0.717) is 6.42 Å². The molecule has 0 aromatic heterocycles. The number of hydrogen-bond acceptors (Lipinski definition) is 3. The van der Waals surface area contributed by atoms with Crippen LogP contribution >= 0.6 is 0 Å². The molecule has 0 saturated heterocycles. The first-order valence-electron chi connectivity index (χ1n) is 19.6. The number of para-hydroxylation sites is 1. The number of hydrogen-bond donors (Lipinski definition) is 1. The van der Waals surface area contributed by atoms with Crippen molar-refractivity contribution in [1.29, 1.82) is 0 Å². The van der Waals surface area contributed by atoms with Crippen molar-refractivity contribution in [2.75, 3.05) is 5.32 Å². The Balaban J connectivity index is 0.972. The van der Waals surface area contributed by atoms with Gasteiger partial charge in [-0.2, -0.15) is 0 Å². The molecular weight excluding hydrogens is 695 g/mol. The maximum Gasteiger partial charge on any atom is 0.175 e. The SMILES string of the molecule is C1=CC2=C(CC=C1Nc1ccccc1-c1ccccc1)Oc1c(ccc3c1C1(c4ccccc4-c4cc(-c5ccc6ccccc6c5)ccc41)c1ccccc1-3)O2. The zero-order valence-corrected chi connectivity index (χ0v) is 31.0. The lowest BCUT2D eigenvalue weighted by molar-refractivity contribution is 0.296. The molecule has 1 unspecified atom stereocenters. The Labute approximate surface area is 331 Å². The number of rotatable bonds is 4. The van der Waals surface area contributed by atoms with Crippen LogP contribution in [0.5, 0.6) is 11.5 Å². The Bertz CT molecular complexity index is 3080. The van der Waals surface area contributed by atoms with Crippen LogP contribution in [0.1, 0.15) is 28.7 Å². The maximum atomic E-state index is 7.16. The third-order valence-corrected chi connectivity index (χ3v) is 12.2. The summed E-state index contributed by atoms with van der Waals surface area (Å²) in [4.78, 5) is 0. The molecule has 8 aromatic rings. The van der Waals surface area contributed by atoms with E-state index in [0.717, 1.165) is 45.5 Å². The summed E-state index contributed by atoms with van der Waals surface area (Å²) in [6.45, 7) is 0. The highest BCUT2D eigenvalue weighted by Gasteiger charge is 2.54. The Morgan fingerprint density at radius 3 is 1.96 bits per heavy atom. The van der Waals surface area contributed by atoms with Crippen LogP contribution in [0.15, 0.2) is 211 Å². The van der Waals surface area contributed by atoms with Crippen LogP contribution < -0.4 is 14.8 Å². The van der Waals surface area contributed by atoms with Gasteiger partial charge in [-0.3, -0.25) is 0 Å². The molecule has 0 amide bonds. The van der Waals surface area contributed by atoms with Gasteiger partial charge in [0.25, 0.3) is 0 Å². The van der Waals surface area contributed by atoms with Gasteiger partial charge in [0.15, 0.2) is 23.0 Å². The molecular formula is C54H35NO2. The lowest BCUT2D eigenvalue weighted by Gasteiger charge is -2.33. The molecule has 0 radical (unpaired) electrons. The second-order valence-corrected chi connectivity index (χ2v) is 15.2. The fraction of sp³-hybridized carbons (Fsp3) is 0.0370. The Morgan fingerprint density at radius 1 is 0.456 bits per heavy atom. The molecule has 3 nitrogen and oxygen atoms in total. The number of fused-ring (bicyclic) bond motifs is 13. The molecule has 1 aliphatic heterocycles. The third-order valence-electron chi connectivity index (χ3n) is 12.2. The van der Waals surface area contributed by atoms with E-state index in [9.17, 15) is 0 Å². The van der Waals surface area contributed by atoms with Gasteiger partial charge in [0, 0.05) is 28.9 Å². The molecule has 3 aliphatic carbocycles. The van der Waals surface area contributed by atoms with Gasteiger partial charge in [0.2, 0.25) is 0 Å². The number of ether oxygens (including phenoxy) is 2. The van der Waals surface area contributed by atoms with E-state index in [-0.39, 0.29) is 0 Å². The van der Waals surface area contributed by atoms with Crippen molar-refractivity contribution in [3.05, 3.63) is 234 Å². The highest BCUT2D eigenvalue weighted by molar-refractivity contribution is 5.98. The van der Waals surface area contributed by atoms with Crippen LogP contribution in [0.3, 0.4) is 0 Å². The van der Waals surface area contributed by atoms with Crippen molar-refractivity contribution in [1.82, 2.24) is 0 Å². The van der Waals surface area contributed by atoms with E-state index in [1.807, 2.05) is 12.1 Å². The maximum absolute atomic E-state index is 7.16. The highest BCUT2D eigenvalue weighted by atomic mass is 16.6. The summed E-state index contributed by atoms with van der Waals surface area (Å²) in [6.07, 6.45) is 6.88. The monoisotopic (exact) mass is 729 g/mol. The predicted octanol–water partition coefficient (Wildman–Crippen LogP) is 13.5. The van der Waals surface area contributed by atoms with Crippen LogP contribution in [-0.2, 0) is 5.41 Å². The molecule has 57 heavy (non-hydrogen) atoms. The van der Waals surface area contributed by atoms with E-state index in [1.54, 1.807) is 0 Å². The largest absolute Gasteiger partial charge is 0.453 e. The second-order valence-electron chi connectivity index (χ2n) is 15.2. The minimum absolute atomic E-state index is 0.573. The predicted molar refractivity (Wildman–Crippen MR) is 231 cm³/mol. The first kappa shape index (κ1) is 31.9. The van der Waals surface area contributed by atoms with Gasteiger partial charge in [0.1, 0.15) is 0 Å². The number of benzene rings is 8. The molecule has 0 saturated carbocycles. The molecule has 0 fully saturated rings. The van der Waals surface area contributed by atoms with Crippen LogP contribution in [-0.4, -0.2) is 0 Å². The molecule has 8 aromatic carbocycles. The molecule has 268 valence electrons. The van der Waals surface area contributed by atoms with Gasteiger partial charge < -0.3 is 14.8 Å². The third kappa shape index (κ3) is 4.73. The number of allylic oxidation sites excluding steroid dienone is 3. The van der Waals surface area contributed by atoms with Crippen LogP contribution in [0.25, 0.3) is 55.3 Å². The van der Waals surface area contributed by atoms with Gasteiger partial charge >= 0.3 is 0 Å². The van der Waals surface area contributed by atoms with E-state index in [2.05, 4.69) is 187 Å². The summed E-state index contributed by atoms with van der Waals surface area (Å²) in [5, 5.41) is 6.18. The van der Waals surface area contributed by atoms with Crippen LogP contribution in [0.2, 0.25) is 0 Å². The fourth-order valence-electron chi connectivity index (χ4n) is 9.68. The standard InChI is InChI=1S/C54H35NO2/c1-2-13-35(14-3-1)40-16-8-11-21-48(40)55-39-25-29-49-50(30-26-39)57-53-51(56-49)31-27-43-41-17-6-9-19-45(41)54(52(43)53)46-20-10-7-18-42(46)44-33-38(24-28-47(44)54)37-23-22-34-12-4-5-15-36(34)32-37/h1-29,31-33,55H,30H2. The quantitative estimate of drug-likeness (QED) is 0.196. The smallest absolute Gasteiger partial charge is 0.175 e. The lowest BCUT2D eigenvalue weighted by atomic mass is 9.70. The zero-order chi connectivity index (χ0) is 37.5. The van der Waals surface area contributed by atoms with E-state index < -0.39 is 5.41 Å². The van der Waals surface area contributed by atoms with Gasteiger partial charge in [-0.25, -0.2) is 0 Å². The molecule has 3 heteroatoms. The van der Waals surface area contributed by atoms with E-state index in [1.165, 1.54) is 66.4 Å². The first-order valence-corrected chi connectivity index (χ1v) is 19.6. The molecule has 12 rings (SSSR count). The minimum Gasteiger partial charge on any atom is -0.453 e. The van der Waals surface area contributed by atoms with Gasteiger partial charge in [-0.05, 0) is 103 Å². The first-order chi connectivity index (χ1) is 28.2. The molecule has 0 bridgehead atoms. The van der Waals surface area contributed by atoms with Crippen molar-refractivity contribution in [3.63, 3.8) is 0 Å². The van der Waals surface area contributed by atoms with Gasteiger partial charge in [-0.15, -0.1) is 0 Å². The van der Waals surface area contributed by atoms with Gasteiger partial charge in [0.05, 0.1) is 5.41 Å². The summed E-state index contributed by atoms with van der Waals surface area (Å²) in [5.74, 6) is 3.04. The summed E-state index contributed by atoms with van der Waals surface area (Å²) >= 11 is 0. The average molecular weight is 730 g/mol. The molecule has 1 N–H and O–H groups in total. The van der Waals surface area contributed by atoms with Crippen molar-refractivity contribution < 1.29 is 9.47 Å². The average Bonchev–Trinajstić information content (AvgIpc) is 3.65. The summed E-state index contributed by atoms with van der Waals surface area (Å²) in [6, 6.07) is 63.5. The van der Waals surface area contributed by atoms with Gasteiger partial charge in [-0.1, -0.05) is 158 Å². The lowest BCUT2D eigenvalue weighted by Crippen LogP contribution is -2.27. The fourth-order valence-corrected chi connectivity index (χ4v) is 9.68. The van der Waals surface area contributed by atoms with Crippen molar-refractivity contribution in [2.45, 2.75) is 11.8 Å². The number of anilines is 1. The minimum atomic E-state index is -0.587. The van der Waals surface area contributed by atoms with Crippen LogP contribution in [0.4, 0.5) is 5.69 Å². The van der Waals surface area contributed by atoms with Crippen molar-refractivity contribution >= 4 is 16.5 Å². The van der Waals surface area contributed by atoms with Crippen LogP contribution in [0, 0.1) is 0 Å². The summed E-state index contributed by atoms with van der Waals surface area (Å²) in [5.41, 5.74) is 16.0. The molecule has 1 atom stereocenters. The van der Waals surface area contributed by atoms with E-state index in [4.69, 9.17) is 9.47 Å². The second kappa shape index (κ2) is 12.3. The van der Waals surface area contributed by atoms with Crippen molar-refractivity contribution in [2.24, 2.45) is 0 Å². The topological polar surface area (TPSA) is 30.5 Å². The summed E-state index contributed by atoms with van der Waals surface area (Å²) in [7, 11) is 0. The number of nitrogens with one attached hydrogen (secondary N) is 1. The summed E-state index contributed by atoms with van der Waals surface area (Å²) < 4.78 is 14.0. The molecule has 1 spiro atoms. The Morgan fingerprint density at radius 2 is 1.12 bits per heavy atom. The Kier molecular flexibility index (Phi) is 6.91. The molecule has 4 aliphatic rings. The zero-order valence-electron chi connectivity index (χ0n) is 31.0. The Hall–Kier alpha value is -7.36. The normalized spacial score (nSPS) is 16.7. The highest BCUT2D eigenvalue weighted by Crippen LogP contribution is 2.66. The molecule has 1 heterocycles. The van der Waals surface area contributed by atoms with E-state index >= 15 is 0 Å². The van der Waals surface area contributed by atoms with Crippen molar-refractivity contribution in [3.8, 4) is 56.0 Å².